The molecule has 4 fully saturated rings. The monoisotopic (exact) mass is 384 g/mol. The van der Waals surface area contributed by atoms with Gasteiger partial charge in [0.15, 0.2) is 5.78 Å². The number of hydrogen-bond donors (Lipinski definition) is 1. The van der Waals surface area contributed by atoms with Gasteiger partial charge >= 0.3 is 0 Å². The molecule has 3 heteroatoms. The molecule has 0 radical (unpaired) electrons. The first-order valence-corrected chi connectivity index (χ1v) is 10.1. The summed E-state index contributed by atoms with van der Waals surface area (Å²) in [5.74, 6) is 3.29. The molecule has 8 atom stereocenters. The molecule has 132 valence electrons. The molecular weight excluding hydrogens is 352 g/mol. The van der Waals surface area contributed by atoms with Crippen molar-refractivity contribution in [1.29, 1.82) is 0 Å². The molecule has 2 nitrogen and oxygen atoms in total. The molecule has 4 rings (SSSR count). The van der Waals surface area contributed by atoms with Crippen LogP contribution in [0.15, 0.2) is 0 Å². The van der Waals surface area contributed by atoms with E-state index in [1.165, 1.54) is 25.7 Å². The summed E-state index contributed by atoms with van der Waals surface area (Å²) in [6.07, 6.45) is 9.04. The summed E-state index contributed by atoms with van der Waals surface area (Å²) in [6.45, 7) is 4.75. The summed E-state index contributed by atoms with van der Waals surface area (Å²) < 4.78 is 0. The number of hydrogen-bond acceptors (Lipinski definition) is 2. The molecule has 0 aliphatic heterocycles. The molecule has 1 N–H and O–H groups in total. The second kappa shape index (κ2) is 5.83. The minimum Gasteiger partial charge on any atom is -0.393 e. The summed E-state index contributed by atoms with van der Waals surface area (Å²) in [5.41, 5.74) is 0.351. The zero-order valence-electron chi connectivity index (χ0n) is 13.9. The summed E-state index contributed by atoms with van der Waals surface area (Å²) in [7, 11) is 0. The van der Waals surface area contributed by atoms with Gasteiger partial charge in [0.25, 0.3) is 0 Å². The van der Waals surface area contributed by atoms with Gasteiger partial charge in [-0.1, -0.05) is 37.2 Å². The van der Waals surface area contributed by atoms with Gasteiger partial charge in [-0.25, -0.2) is 0 Å². The predicted octanol–water partition coefficient (Wildman–Crippen LogP) is 4.97. The molecule has 0 aromatic rings. The highest BCUT2D eigenvalue weighted by Gasteiger charge is 2.61. The fourth-order valence-electron chi connectivity index (χ4n) is 6.98. The third kappa shape index (κ3) is 2.39. The third-order valence-electron chi connectivity index (χ3n) is 8.34. The van der Waals surface area contributed by atoms with E-state index in [1.54, 1.807) is 0 Å². The van der Waals surface area contributed by atoms with Crippen molar-refractivity contribution in [2.24, 2.45) is 34.5 Å². The fraction of sp³-hybridized carbons (Fsp3) is 0.950. The summed E-state index contributed by atoms with van der Waals surface area (Å²) in [6, 6.07) is 0. The molecular formula is C20H33BrO2. The van der Waals surface area contributed by atoms with E-state index in [2.05, 4.69) is 29.8 Å². The predicted molar refractivity (Wildman–Crippen MR) is 97.6 cm³/mol. The highest BCUT2D eigenvalue weighted by atomic mass is 79.9. The van der Waals surface area contributed by atoms with E-state index in [1.807, 2.05) is 0 Å². The molecule has 4 saturated carbocycles. The number of Topliss-reactive ketones (excluding diaryl/α,β-unsaturated/α-hetero) is 1. The van der Waals surface area contributed by atoms with Crippen LogP contribution in [0, 0.1) is 34.5 Å². The second-order valence-electron chi connectivity index (χ2n) is 9.11. The van der Waals surface area contributed by atoms with Gasteiger partial charge in [-0.2, -0.15) is 0 Å². The molecule has 0 aromatic heterocycles. The van der Waals surface area contributed by atoms with E-state index < -0.39 is 0 Å². The van der Waals surface area contributed by atoms with E-state index >= 15 is 0 Å². The van der Waals surface area contributed by atoms with Crippen LogP contribution in [0.25, 0.3) is 0 Å². The quantitative estimate of drug-likeness (QED) is 0.598. The maximum atomic E-state index is 12.7. The molecule has 0 amide bonds. The van der Waals surface area contributed by atoms with E-state index in [4.69, 9.17) is 0 Å². The Morgan fingerprint density at radius 3 is 2.52 bits per heavy atom. The molecule has 0 spiro atoms. The van der Waals surface area contributed by atoms with Gasteiger partial charge in [-0.3, -0.25) is 4.79 Å². The standard InChI is InChI=1S/C19H29BrO2.CH4/c1-18-7-5-12(21)9-11(18)3-4-13-14(18)6-8-19(2)15(13)10-16(20)17(19)22;/h11-16,21H,3-10H2,1-2H3;1H4/t11-,12-,13+,14-,15-,16+,18-,19-;/m0./s1. The van der Waals surface area contributed by atoms with Gasteiger partial charge in [-0.05, 0) is 80.5 Å². The molecule has 0 heterocycles. The number of carbonyl (C=O) groups is 1. The Morgan fingerprint density at radius 2 is 1.78 bits per heavy atom. The number of aliphatic hydroxyl groups excluding tert-OH is 1. The number of rotatable bonds is 0. The number of aliphatic hydroxyl groups is 1. The molecule has 23 heavy (non-hydrogen) atoms. The van der Waals surface area contributed by atoms with Crippen LogP contribution in [0.4, 0.5) is 0 Å². The SMILES string of the molecule is C.C[C@]12CC[C@H](O)C[C@@H]1CC[C@@H]1[C@@H]2CC[C@]2(C)C(=O)[C@H](Br)C[C@@H]12. The van der Waals surface area contributed by atoms with Crippen molar-refractivity contribution >= 4 is 21.7 Å². The lowest BCUT2D eigenvalue weighted by Gasteiger charge is -2.60. The summed E-state index contributed by atoms with van der Waals surface area (Å²) >= 11 is 3.65. The van der Waals surface area contributed by atoms with Gasteiger partial charge in [0.2, 0.25) is 0 Å². The van der Waals surface area contributed by atoms with E-state index in [9.17, 15) is 9.90 Å². The number of ketones is 1. The summed E-state index contributed by atoms with van der Waals surface area (Å²) in [4.78, 5) is 12.8. The van der Waals surface area contributed by atoms with Crippen molar-refractivity contribution in [2.45, 2.75) is 83.6 Å². The van der Waals surface area contributed by atoms with E-state index in [-0.39, 0.29) is 23.8 Å². The van der Waals surface area contributed by atoms with Gasteiger partial charge < -0.3 is 5.11 Å². The maximum absolute atomic E-state index is 12.7. The smallest absolute Gasteiger partial charge is 0.152 e. The van der Waals surface area contributed by atoms with Crippen LogP contribution in [0.2, 0.25) is 0 Å². The number of carbonyl (C=O) groups excluding carboxylic acids is 1. The van der Waals surface area contributed by atoms with Crippen LogP contribution in [-0.2, 0) is 4.79 Å². The number of halogens is 1. The Bertz CT molecular complexity index is 492. The van der Waals surface area contributed by atoms with Gasteiger partial charge in [0.1, 0.15) is 0 Å². The van der Waals surface area contributed by atoms with Gasteiger partial charge in [0.05, 0.1) is 10.9 Å². The summed E-state index contributed by atoms with van der Waals surface area (Å²) in [5, 5.41) is 10.1. The molecule has 0 bridgehead atoms. The molecule has 4 aliphatic rings. The Kier molecular flexibility index (Phi) is 4.54. The largest absolute Gasteiger partial charge is 0.393 e. The van der Waals surface area contributed by atoms with Crippen molar-refractivity contribution in [3.05, 3.63) is 0 Å². The second-order valence-corrected chi connectivity index (χ2v) is 10.2. The van der Waals surface area contributed by atoms with E-state index in [0.717, 1.165) is 37.5 Å². The van der Waals surface area contributed by atoms with Crippen LogP contribution in [0.3, 0.4) is 0 Å². The first-order valence-electron chi connectivity index (χ1n) is 9.23. The Balaban J connectivity index is 0.00000156. The van der Waals surface area contributed by atoms with Crippen molar-refractivity contribution in [3.8, 4) is 0 Å². The van der Waals surface area contributed by atoms with Crippen LogP contribution in [0.5, 0.6) is 0 Å². The van der Waals surface area contributed by atoms with Crippen LogP contribution >= 0.6 is 15.9 Å². The lowest BCUT2D eigenvalue weighted by atomic mass is 9.45. The fourth-order valence-corrected chi connectivity index (χ4v) is 7.91. The average molecular weight is 385 g/mol. The topological polar surface area (TPSA) is 37.3 Å². The van der Waals surface area contributed by atoms with Crippen LogP contribution in [-0.4, -0.2) is 21.8 Å². The van der Waals surface area contributed by atoms with Crippen molar-refractivity contribution in [1.82, 2.24) is 0 Å². The minimum atomic E-state index is -0.0662. The Hall–Kier alpha value is 0.110. The van der Waals surface area contributed by atoms with Crippen molar-refractivity contribution in [3.63, 3.8) is 0 Å². The Morgan fingerprint density at radius 1 is 1.04 bits per heavy atom. The highest BCUT2D eigenvalue weighted by Crippen LogP contribution is 2.65. The number of fused-ring (bicyclic) bond motifs is 5. The normalized spacial score (nSPS) is 55.4. The highest BCUT2D eigenvalue weighted by molar-refractivity contribution is 9.10. The minimum absolute atomic E-state index is 0. The third-order valence-corrected chi connectivity index (χ3v) is 9.13. The first-order chi connectivity index (χ1) is 10.4. The molecule has 0 unspecified atom stereocenters. The van der Waals surface area contributed by atoms with Crippen LogP contribution in [0.1, 0.15) is 72.6 Å². The van der Waals surface area contributed by atoms with Crippen molar-refractivity contribution in [2.75, 3.05) is 0 Å². The zero-order chi connectivity index (χ0) is 15.7. The number of alkyl halides is 1. The van der Waals surface area contributed by atoms with Crippen LogP contribution < -0.4 is 0 Å². The van der Waals surface area contributed by atoms with Gasteiger partial charge in [-0.15, -0.1) is 0 Å². The molecule has 0 saturated heterocycles. The van der Waals surface area contributed by atoms with Gasteiger partial charge in [0, 0.05) is 5.41 Å². The first kappa shape index (κ1) is 17.9. The lowest BCUT2D eigenvalue weighted by molar-refractivity contribution is -0.142. The maximum Gasteiger partial charge on any atom is 0.152 e. The van der Waals surface area contributed by atoms with E-state index in [0.29, 0.717) is 23.0 Å². The Labute approximate surface area is 149 Å². The van der Waals surface area contributed by atoms with Crippen molar-refractivity contribution < 1.29 is 9.90 Å². The average Bonchev–Trinajstić information content (AvgIpc) is 2.72. The lowest BCUT2D eigenvalue weighted by Crippen LogP contribution is -2.54. The molecule has 0 aromatic carbocycles. The molecule has 4 aliphatic carbocycles. The zero-order valence-corrected chi connectivity index (χ0v) is 15.4.